The molecule has 7 heteroatoms. The van der Waals surface area contributed by atoms with Crippen molar-refractivity contribution in [3.8, 4) is 5.19 Å². The number of nitrogens with one attached hydrogen (secondary N) is 2. The number of piperidine rings is 1. The number of ether oxygens (including phenoxy) is 1. The zero-order valence-electron chi connectivity index (χ0n) is 17.2. The Bertz CT molecular complexity index is 813. The molecular weight excluding hydrogens is 396 g/mol. The SMILES string of the molecule is O=C(NC1CC1)N[C@H](CCN1[C@H]2CC[C@H]1CC(Oc1nccs1)C2)c1ccccc1. The number of urea groups is 1. The van der Waals surface area contributed by atoms with Crippen molar-refractivity contribution in [1.82, 2.24) is 20.5 Å². The number of carbonyl (C=O) groups excluding carboxylic acids is 1. The van der Waals surface area contributed by atoms with Crippen molar-refractivity contribution in [2.75, 3.05) is 6.54 Å². The number of hydrogen-bond acceptors (Lipinski definition) is 5. The van der Waals surface area contributed by atoms with Crippen molar-refractivity contribution in [3.63, 3.8) is 0 Å². The Balaban J connectivity index is 1.19. The van der Waals surface area contributed by atoms with Gasteiger partial charge in [0.2, 0.25) is 0 Å². The summed E-state index contributed by atoms with van der Waals surface area (Å²) in [7, 11) is 0. The second-order valence-corrected chi connectivity index (χ2v) is 9.63. The molecule has 5 rings (SSSR count). The summed E-state index contributed by atoms with van der Waals surface area (Å²) in [6, 6.07) is 11.9. The molecule has 30 heavy (non-hydrogen) atoms. The van der Waals surface area contributed by atoms with E-state index in [-0.39, 0.29) is 18.2 Å². The first-order chi connectivity index (χ1) is 14.7. The maximum absolute atomic E-state index is 12.4. The van der Waals surface area contributed by atoms with Crippen LogP contribution in [0.4, 0.5) is 4.79 Å². The van der Waals surface area contributed by atoms with Gasteiger partial charge in [-0.15, -0.1) is 0 Å². The summed E-state index contributed by atoms with van der Waals surface area (Å²) in [5.41, 5.74) is 1.18. The number of aromatic nitrogens is 1. The van der Waals surface area contributed by atoms with Crippen molar-refractivity contribution in [2.45, 2.75) is 75.2 Å². The van der Waals surface area contributed by atoms with Crippen LogP contribution in [-0.4, -0.2) is 46.7 Å². The minimum absolute atomic E-state index is 0.0358. The van der Waals surface area contributed by atoms with Gasteiger partial charge in [0.15, 0.2) is 0 Å². The van der Waals surface area contributed by atoms with Gasteiger partial charge < -0.3 is 15.4 Å². The molecule has 3 fully saturated rings. The predicted molar refractivity (Wildman–Crippen MR) is 118 cm³/mol. The Hall–Kier alpha value is -2.12. The third-order valence-corrected chi connectivity index (χ3v) is 7.28. The second-order valence-electron chi connectivity index (χ2n) is 8.78. The molecule has 3 atom stereocenters. The summed E-state index contributed by atoms with van der Waals surface area (Å²) in [5.74, 6) is 0. The Kier molecular flexibility index (Phi) is 5.91. The van der Waals surface area contributed by atoms with E-state index in [4.69, 9.17) is 4.74 Å². The highest BCUT2D eigenvalue weighted by molar-refractivity contribution is 7.11. The first kappa shape index (κ1) is 19.8. The van der Waals surface area contributed by atoms with Gasteiger partial charge in [-0.25, -0.2) is 9.78 Å². The van der Waals surface area contributed by atoms with Gasteiger partial charge in [0.1, 0.15) is 6.10 Å². The summed E-state index contributed by atoms with van der Waals surface area (Å²) < 4.78 is 6.13. The zero-order valence-corrected chi connectivity index (χ0v) is 18.0. The van der Waals surface area contributed by atoms with Gasteiger partial charge in [0.25, 0.3) is 5.19 Å². The maximum Gasteiger partial charge on any atom is 0.315 e. The smallest absolute Gasteiger partial charge is 0.315 e. The number of nitrogens with zero attached hydrogens (tertiary/aromatic N) is 2. The molecule has 1 aliphatic carbocycles. The van der Waals surface area contributed by atoms with E-state index in [0.29, 0.717) is 18.1 Å². The Morgan fingerprint density at radius 2 is 1.93 bits per heavy atom. The average Bonchev–Trinajstić information content (AvgIpc) is 3.35. The van der Waals surface area contributed by atoms with Crippen molar-refractivity contribution in [3.05, 3.63) is 47.5 Å². The van der Waals surface area contributed by atoms with E-state index in [2.05, 4.69) is 32.7 Å². The monoisotopic (exact) mass is 426 g/mol. The minimum Gasteiger partial charge on any atom is -0.467 e. The van der Waals surface area contributed by atoms with Crippen molar-refractivity contribution >= 4 is 17.4 Å². The van der Waals surface area contributed by atoms with E-state index in [0.717, 1.165) is 43.8 Å². The number of fused-ring (bicyclic) bond motifs is 2. The van der Waals surface area contributed by atoms with Gasteiger partial charge in [-0.2, -0.15) is 0 Å². The lowest BCUT2D eigenvalue weighted by Gasteiger charge is -2.39. The molecule has 1 aromatic carbocycles. The van der Waals surface area contributed by atoms with Crippen LogP contribution in [0.25, 0.3) is 0 Å². The minimum atomic E-state index is -0.0371. The van der Waals surface area contributed by atoms with Crippen molar-refractivity contribution in [1.29, 1.82) is 0 Å². The zero-order chi connectivity index (χ0) is 20.3. The van der Waals surface area contributed by atoms with Gasteiger partial charge in [0.05, 0.1) is 6.04 Å². The maximum atomic E-state index is 12.4. The van der Waals surface area contributed by atoms with E-state index in [1.54, 1.807) is 17.5 Å². The number of thiazole rings is 1. The molecule has 2 aliphatic heterocycles. The number of amides is 2. The summed E-state index contributed by atoms with van der Waals surface area (Å²) in [4.78, 5) is 19.4. The lowest BCUT2D eigenvalue weighted by atomic mass is 9.97. The van der Waals surface area contributed by atoms with Gasteiger partial charge in [0, 0.05) is 36.2 Å². The van der Waals surface area contributed by atoms with E-state index >= 15 is 0 Å². The molecule has 2 bridgehead atoms. The van der Waals surface area contributed by atoms with Gasteiger partial charge >= 0.3 is 6.03 Å². The van der Waals surface area contributed by atoms with E-state index in [1.807, 2.05) is 23.6 Å². The summed E-state index contributed by atoms with van der Waals surface area (Å²) >= 11 is 1.57. The van der Waals surface area contributed by atoms with Crippen LogP contribution in [0, 0.1) is 0 Å². The van der Waals surface area contributed by atoms with Crippen LogP contribution in [0.15, 0.2) is 41.9 Å². The molecule has 3 aliphatic rings. The first-order valence-corrected chi connectivity index (χ1v) is 12.1. The fourth-order valence-electron chi connectivity index (χ4n) is 5.00. The predicted octanol–water partition coefficient (Wildman–Crippen LogP) is 4.11. The van der Waals surface area contributed by atoms with Crippen LogP contribution in [0.2, 0.25) is 0 Å². The third kappa shape index (κ3) is 4.78. The topological polar surface area (TPSA) is 66.5 Å². The molecule has 2 saturated heterocycles. The van der Waals surface area contributed by atoms with E-state index < -0.39 is 0 Å². The fraction of sp³-hybridized carbons (Fsp3) is 0.565. The lowest BCUT2D eigenvalue weighted by molar-refractivity contribution is 0.0471. The fourth-order valence-corrected chi connectivity index (χ4v) is 5.55. The Morgan fingerprint density at radius 1 is 1.17 bits per heavy atom. The largest absolute Gasteiger partial charge is 0.467 e. The second kappa shape index (κ2) is 8.94. The Labute approximate surface area is 182 Å². The lowest BCUT2D eigenvalue weighted by Crippen LogP contribution is -2.47. The van der Waals surface area contributed by atoms with Gasteiger partial charge in [-0.3, -0.25) is 4.90 Å². The molecule has 1 aromatic heterocycles. The van der Waals surface area contributed by atoms with Crippen LogP contribution >= 0.6 is 11.3 Å². The summed E-state index contributed by atoms with van der Waals surface area (Å²) in [6.45, 7) is 1.00. The number of rotatable bonds is 8. The molecule has 0 unspecified atom stereocenters. The molecule has 2 N–H and O–H groups in total. The molecule has 0 radical (unpaired) electrons. The number of carbonyl (C=O) groups is 1. The normalized spacial score (nSPS) is 26.9. The highest BCUT2D eigenvalue weighted by Gasteiger charge is 2.41. The Morgan fingerprint density at radius 3 is 2.60 bits per heavy atom. The van der Waals surface area contributed by atoms with Crippen LogP contribution in [-0.2, 0) is 0 Å². The standard InChI is InChI=1S/C23H30N4O2S/c28-22(25-17-6-7-17)26-21(16-4-2-1-3-5-16)10-12-27-18-8-9-19(27)15-20(14-18)29-23-24-11-13-30-23/h1-5,11,13,17-21H,6-10,12,14-15H2,(H2,25,26,28)/t18-,19-,21+/m0/s1. The van der Waals surface area contributed by atoms with Crippen LogP contribution in [0.1, 0.15) is 56.6 Å². The quantitative estimate of drug-likeness (QED) is 0.667. The molecule has 160 valence electrons. The molecule has 2 amide bonds. The molecule has 3 heterocycles. The van der Waals surface area contributed by atoms with Crippen LogP contribution in [0.5, 0.6) is 5.19 Å². The van der Waals surface area contributed by atoms with Gasteiger partial charge in [-0.1, -0.05) is 41.7 Å². The van der Waals surface area contributed by atoms with Crippen LogP contribution in [0.3, 0.4) is 0 Å². The molecule has 6 nitrogen and oxygen atoms in total. The summed E-state index contributed by atoms with van der Waals surface area (Å²) in [6.07, 6.45) is 9.84. The first-order valence-electron chi connectivity index (χ1n) is 11.2. The molecule has 1 saturated carbocycles. The third-order valence-electron chi connectivity index (χ3n) is 6.61. The van der Waals surface area contributed by atoms with E-state index in [1.165, 1.54) is 18.4 Å². The highest BCUT2D eigenvalue weighted by Crippen LogP contribution is 2.38. The molecular formula is C23H30N4O2S. The van der Waals surface area contributed by atoms with E-state index in [9.17, 15) is 4.79 Å². The van der Waals surface area contributed by atoms with Crippen LogP contribution < -0.4 is 15.4 Å². The molecule has 2 aromatic rings. The van der Waals surface area contributed by atoms with Crippen molar-refractivity contribution < 1.29 is 9.53 Å². The number of benzene rings is 1. The summed E-state index contributed by atoms with van der Waals surface area (Å²) in [5, 5.41) is 9.05. The average molecular weight is 427 g/mol. The highest BCUT2D eigenvalue weighted by atomic mass is 32.1. The van der Waals surface area contributed by atoms with Gasteiger partial charge in [-0.05, 0) is 50.5 Å². The number of hydrogen-bond donors (Lipinski definition) is 2. The molecule has 0 spiro atoms. The van der Waals surface area contributed by atoms with Crippen molar-refractivity contribution in [2.24, 2.45) is 0 Å².